The molecule has 0 amide bonds. The molecule has 0 saturated heterocycles. The van der Waals surface area contributed by atoms with Crippen LogP contribution in [0.5, 0.6) is 0 Å². The summed E-state index contributed by atoms with van der Waals surface area (Å²) in [5.74, 6) is -1.90. The van der Waals surface area contributed by atoms with Crippen LogP contribution >= 0.6 is 0 Å². The van der Waals surface area contributed by atoms with E-state index in [1.165, 1.54) is 0 Å². The zero-order chi connectivity index (χ0) is 7.28. The number of carboxylic acid groups (broad SMARTS) is 2. The quantitative estimate of drug-likeness (QED) is 0.527. The van der Waals surface area contributed by atoms with E-state index in [-0.39, 0.29) is 57.0 Å². The molecule has 0 bridgehead atoms. The average Bonchev–Trinajstić information content (AvgIpc) is 1.63. The number of rotatable bonds is 4. The molecule has 0 aromatic carbocycles. The van der Waals surface area contributed by atoms with E-state index in [2.05, 4.69) is 0 Å². The van der Waals surface area contributed by atoms with Gasteiger partial charge in [-0.05, 0) is 6.42 Å². The fourth-order valence-electron chi connectivity index (χ4n) is 0.391. The van der Waals surface area contributed by atoms with Crippen LogP contribution < -0.4 is 0 Å². The van der Waals surface area contributed by atoms with Gasteiger partial charge in [0.25, 0.3) is 0 Å². The minimum Gasteiger partial charge on any atom is -0.481 e. The molecule has 0 aliphatic rings. The van der Waals surface area contributed by atoms with Gasteiger partial charge in [0.05, 0.1) is 0 Å². The number of carboxylic acids is 2. The summed E-state index contributed by atoms with van der Waals surface area (Å²) in [7, 11) is 0. The summed E-state index contributed by atoms with van der Waals surface area (Å²) in [5, 5.41) is 16.1. The van der Waals surface area contributed by atoms with Crippen molar-refractivity contribution in [3.8, 4) is 0 Å². The molecule has 11 heavy (non-hydrogen) atoms. The zero-order valence-corrected chi connectivity index (χ0v) is 6.83. The maximum absolute atomic E-state index is 9.79. The Bertz CT molecular complexity index is 112. The van der Waals surface area contributed by atoms with Gasteiger partial charge in [0.2, 0.25) is 0 Å². The number of aliphatic carboxylic acids is 2. The van der Waals surface area contributed by atoms with Gasteiger partial charge < -0.3 is 10.2 Å². The Hall–Kier alpha value is 0.135. The molecule has 0 unspecified atom stereocenters. The van der Waals surface area contributed by atoms with Crippen LogP contribution in [0.2, 0.25) is 0 Å². The van der Waals surface area contributed by atoms with E-state index in [0.29, 0.717) is 0 Å². The molecule has 0 aliphatic heterocycles. The third kappa shape index (κ3) is 17.8. The molecule has 0 rings (SSSR count). The molecule has 0 aliphatic carbocycles. The fraction of sp³-hybridized carbons (Fsp3) is 0.600. The molecule has 0 fully saturated rings. The standard InChI is InChI=1S/C5H8O4.2Li/c6-4(7)2-1-3-5(8)9;;/h1-3H2,(H,6,7)(H,8,9);;. The van der Waals surface area contributed by atoms with Crippen LogP contribution in [0.25, 0.3) is 0 Å². The Morgan fingerprint density at radius 1 is 0.909 bits per heavy atom. The van der Waals surface area contributed by atoms with Crippen molar-refractivity contribution in [3.63, 3.8) is 0 Å². The molecular formula is C5H8Li2O4. The summed E-state index contributed by atoms with van der Waals surface area (Å²) >= 11 is 0. The van der Waals surface area contributed by atoms with Crippen molar-refractivity contribution < 1.29 is 19.8 Å². The smallest absolute Gasteiger partial charge is 0.303 e. The second kappa shape index (κ2) is 10.1. The summed E-state index contributed by atoms with van der Waals surface area (Å²) in [6.45, 7) is 0. The molecule has 0 saturated carbocycles. The van der Waals surface area contributed by atoms with E-state index in [4.69, 9.17) is 10.2 Å². The molecule has 4 nitrogen and oxygen atoms in total. The third-order valence-electron chi connectivity index (χ3n) is 0.781. The van der Waals surface area contributed by atoms with E-state index in [0.717, 1.165) is 0 Å². The molecule has 54 valence electrons. The van der Waals surface area contributed by atoms with Crippen LogP contribution in [0.4, 0.5) is 0 Å². The monoisotopic (exact) mass is 146 g/mol. The Labute approximate surface area is 88.7 Å². The number of hydrogen-bond donors (Lipinski definition) is 2. The Morgan fingerprint density at radius 3 is 1.36 bits per heavy atom. The molecular weight excluding hydrogens is 138 g/mol. The van der Waals surface area contributed by atoms with E-state index in [1.807, 2.05) is 0 Å². The van der Waals surface area contributed by atoms with Crippen molar-refractivity contribution >= 4 is 49.7 Å². The second-order valence-electron chi connectivity index (χ2n) is 1.64. The molecule has 0 heterocycles. The van der Waals surface area contributed by atoms with Gasteiger partial charge in [0.15, 0.2) is 0 Å². The summed E-state index contributed by atoms with van der Waals surface area (Å²) in [5.41, 5.74) is 0. The van der Waals surface area contributed by atoms with Crippen molar-refractivity contribution in [2.75, 3.05) is 0 Å². The van der Waals surface area contributed by atoms with Crippen LogP contribution in [0.15, 0.2) is 0 Å². The van der Waals surface area contributed by atoms with Crippen LogP contribution in [-0.2, 0) is 9.59 Å². The predicted molar refractivity (Wildman–Crippen MR) is 40.6 cm³/mol. The Kier molecular flexibility index (Phi) is 15.9. The van der Waals surface area contributed by atoms with E-state index in [9.17, 15) is 9.59 Å². The van der Waals surface area contributed by atoms with Crippen molar-refractivity contribution in [2.45, 2.75) is 19.3 Å². The van der Waals surface area contributed by atoms with Gasteiger partial charge in [-0.25, -0.2) is 0 Å². The molecule has 0 aromatic heterocycles. The molecule has 2 N–H and O–H groups in total. The first-order valence-corrected chi connectivity index (χ1v) is 2.56. The molecule has 0 aromatic rings. The van der Waals surface area contributed by atoms with E-state index < -0.39 is 11.9 Å². The topological polar surface area (TPSA) is 74.6 Å². The molecule has 6 heteroatoms. The minimum absolute atomic E-state index is 0. The van der Waals surface area contributed by atoms with Gasteiger partial charge in [0, 0.05) is 50.6 Å². The fourth-order valence-corrected chi connectivity index (χ4v) is 0.391. The SMILES string of the molecule is O=C(O)CCCC(=O)O.[Li].[Li]. The Balaban J connectivity index is -0.000000320. The summed E-state index contributed by atoms with van der Waals surface area (Å²) < 4.78 is 0. The number of hydrogen-bond acceptors (Lipinski definition) is 2. The number of carbonyl (C=O) groups is 2. The van der Waals surface area contributed by atoms with Crippen molar-refractivity contribution in [3.05, 3.63) is 0 Å². The van der Waals surface area contributed by atoms with E-state index >= 15 is 0 Å². The van der Waals surface area contributed by atoms with Crippen molar-refractivity contribution in [1.29, 1.82) is 0 Å². The van der Waals surface area contributed by atoms with Gasteiger partial charge in [0.1, 0.15) is 0 Å². The summed E-state index contributed by atoms with van der Waals surface area (Å²) in [6, 6.07) is 0. The third-order valence-corrected chi connectivity index (χ3v) is 0.781. The maximum Gasteiger partial charge on any atom is 0.303 e. The first-order chi connectivity index (χ1) is 4.13. The van der Waals surface area contributed by atoms with Crippen LogP contribution in [0.3, 0.4) is 0 Å². The van der Waals surface area contributed by atoms with Gasteiger partial charge in [-0.1, -0.05) is 0 Å². The molecule has 0 atom stereocenters. The van der Waals surface area contributed by atoms with Gasteiger partial charge >= 0.3 is 11.9 Å². The minimum atomic E-state index is -0.948. The summed E-state index contributed by atoms with van der Waals surface area (Å²) in [6.07, 6.45) is 0.0866. The van der Waals surface area contributed by atoms with Gasteiger partial charge in [-0.15, -0.1) is 0 Å². The second-order valence-corrected chi connectivity index (χ2v) is 1.64. The van der Waals surface area contributed by atoms with Gasteiger partial charge in [-0.2, -0.15) is 0 Å². The first-order valence-electron chi connectivity index (χ1n) is 2.56. The predicted octanol–water partition coefficient (Wildman–Crippen LogP) is -0.436. The molecule has 2 radical (unpaired) electrons. The Morgan fingerprint density at radius 2 is 1.18 bits per heavy atom. The van der Waals surface area contributed by atoms with Gasteiger partial charge in [-0.3, -0.25) is 9.59 Å². The van der Waals surface area contributed by atoms with Crippen molar-refractivity contribution in [2.24, 2.45) is 0 Å². The van der Waals surface area contributed by atoms with E-state index in [1.54, 1.807) is 0 Å². The average molecular weight is 146 g/mol. The van der Waals surface area contributed by atoms with Crippen LogP contribution in [0.1, 0.15) is 19.3 Å². The first kappa shape index (κ1) is 17.3. The molecule has 0 spiro atoms. The maximum atomic E-state index is 9.79. The summed E-state index contributed by atoms with van der Waals surface area (Å²) in [4.78, 5) is 19.6. The van der Waals surface area contributed by atoms with Crippen molar-refractivity contribution in [1.82, 2.24) is 0 Å². The van der Waals surface area contributed by atoms with Crippen LogP contribution in [0, 0.1) is 0 Å². The van der Waals surface area contributed by atoms with Crippen LogP contribution in [-0.4, -0.2) is 59.9 Å². The normalized spacial score (nSPS) is 7.27. The zero-order valence-electron chi connectivity index (χ0n) is 6.83. The largest absolute Gasteiger partial charge is 0.481 e.